The molecule has 1 fully saturated rings. The number of sulfonamides is 1. The molecule has 2 aromatic heterocycles. The first-order valence-electron chi connectivity index (χ1n) is 11.0. The third kappa shape index (κ3) is 4.13. The second kappa shape index (κ2) is 8.64. The van der Waals surface area contributed by atoms with Gasteiger partial charge in [0.05, 0.1) is 15.9 Å². The Kier molecular flexibility index (Phi) is 5.67. The summed E-state index contributed by atoms with van der Waals surface area (Å²) in [6.07, 6.45) is 2.84. The van der Waals surface area contributed by atoms with Gasteiger partial charge in [0.15, 0.2) is 0 Å². The molecular formula is C22H24FN7O2S. The summed E-state index contributed by atoms with van der Waals surface area (Å²) in [5.41, 5.74) is 2.13. The molecule has 5 rings (SSSR count). The van der Waals surface area contributed by atoms with E-state index in [1.165, 1.54) is 16.9 Å². The minimum absolute atomic E-state index is 0.265. The number of nitrogens with zero attached hydrogens (tertiary/aromatic N) is 7. The van der Waals surface area contributed by atoms with E-state index in [0.717, 1.165) is 24.8 Å². The fourth-order valence-corrected chi connectivity index (χ4v) is 5.74. The number of halogens is 1. The molecule has 2 aromatic carbocycles. The zero-order chi connectivity index (χ0) is 23.0. The highest BCUT2D eigenvalue weighted by molar-refractivity contribution is 7.89. The van der Waals surface area contributed by atoms with E-state index in [2.05, 4.69) is 15.4 Å². The number of benzene rings is 2. The molecule has 0 atom stereocenters. The summed E-state index contributed by atoms with van der Waals surface area (Å²) in [6.45, 7) is 4.04. The lowest BCUT2D eigenvalue weighted by Gasteiger charge is -2.25. The van der Waals surface area contributed by atoms with Gasteiger partial charge in [0.2, 0.25) is 15.8 Å². The van der Waals surface area contributed by atoms with Crippen molar-refractivity contribution >= 4 is 21.1 Å². The topological polar surface area (TPSA) is 98.8 Å². The van der Waals surface area contributed by atoms with Gasteiger partial charge < -0.3 is 4.57 Å². The molecule has 4 aromatic rings. The Morgan fingerprint density at radius 3 is 2.52 bits per heavy atom. The molecule has 0 amide bonds. The maximum Gasteiger partial charge on any atom is 0.243 e. The molecule has 11 heteroatoms. The van der Waals surface area contributed by atoms with Gasteiger partial charge in [-0.25, -0.2) is 17.8 Å². The lowest BCUT2D eigenvalue weighted by molar-refractivity contribution is 0.346. The van der Waals surface area contributed by atoms with Gasteiger partial charge in [-0.2, -0.15) is 9.10 Å². The van der Waals surface area contributed by atoms with Gasteiger partial charge in [0.25, 0.3) is 0 Å². The van der Waals surface area contributed by atoms with E-state index in [1.807, 2.05) is 17.6 Å². The van der Waals surface area contributed by atoms with Crippen molar-refractivity contribution in [3.63, 3.8) is 0 Å². The van der Waals surface area contributed by atoms with Gasteiger partial charge in [0.1, 0.15) is 18.2 Å². The summed E-state index contributed by atoms with van der Waals surface area (Å²) in [4.78, 5) is 6.39. The molecule has 33 heavy (non-hydrogen) atoms. The Balaban J connectivity index is 1.45. The van der Waals surface area contributed by atoms with Crippen LogP contribution in [-0.4, -0.2) is 55.6 Å². The van der Waals surface area contributed by atoms with Crippen LogP contribution in [0.5, 0.6) is 0 Å². The van der Waals surface area contributed by atoms with E-state index < -0.39 is 10.0 Å². The van der Waals surface area contributed by atoms with Gasteiger partial charge >= 0.3 is 0 Å². The summed E-state index contributed by atoms with van der Waals surface area (Å²) < 4.78 is 42.9. The Bertz CT molecular complexity index is 1390. The number of fused-ring (bicyclic) bond motifs is 1. The maximum atomic E-state index is 13.2. The molecule has 1 aliphatic heterocycles. The van der Waals surface area contributed by atoms with E-state index in [9.17, 15) is 12.8 Å². The second-order valence-corrected chi connectivity index (χ2v) is 9.98. The predicted molar refractivity (Wildman–Crippen MR) is 120 cm³/mol. The fraction of sp³-hybridized carbons (Fsp3) is 0.364. The van der Waals surface area contributed by atoms with E-state index >= 15 is 0 Å². The van der Waals surface area contributed by atoms with Crippen molar-refractivity contribution in [3.05, 3.63) is 54.1 Å². The third-order valence-electron chi connectivity index (χ3n) is 5.91. The van der Waals surface area contributed by atoms with Crippen LogP contribution in [0, 0.1) is 5.82 Å². The van der Waals surface area contributed by atoms with E-state index in [-0.39, 0.29) is 17.3 Å². The molecule has 172 valence electrons. The number of tetrazole rings is 1. The molecule has 0 unspecified atom stereocenters. The van der Waals surface area contributed by atoms with Crippen molar-refractivity contribution in [2.24, 2.45) is 0 Å². The predicted octanol–water partition coefficient (Wildman–Crippen LogP) is 3.07. The smallest absolute Gasteiger partial charge is 0.243 e. The first-order valence-corrected chi connectivity index (χ1v) is 12.4. The summed E-state index contributed by atoms with van der Waals surface area (Å²) in [6, 6.07) is 11.0. The SMILES string of the molecule is CCn1c(Cn2nnc(-c3ccc(F)cc3)n2)nc2cc(S(=O)(=O)N3CCCCC3)ccc21. The minimum atomic E-state index is -3.54. The maximum absolute atomic E-state index is 13.2. The highest BCUT2D eigenvalue weighted by Crippen LogP contribution is 2.25. The van der Waals surface area contributed by atoms with E-state index in [1.54, 1.807) is 28.6 Å². The number of imidazole rings is 1. The third-order valence-corrected chi connectivity index (χ3v) is 7.80. The van der Waals surface area contributed by atoms with E-state index in [0.29, 0.717) is 42.4 Å². The number of rotatable bonds is 6. The molecule has 9 nitrogen and oxygen atoms in total. The molecule has 0 N–H and O–H groups in total. The monoisotopic (exact) mass is 469 g/mol. The van der Waals surface area contributed by atoms with E-state index in [4.69, 9.17) is 4.98 Å². The normalized spacial score (nSPS) is 15.3. The Hall–Kier alpha value is -3.18. The van der Waals surface area contributed by atoms with Crippen molar-refractivity contribution in [2.75, 3.05) is 13.1 Å². The molecule has 0 aliphatic carbocycles. The summed E-state index contributed by atoms with van der Waals surface area (Å²) in [5, 5.41) is 12.5. The molecule has 1 aliphatic rings. The zero-order valence-corrected chi connectivity index (χ0v) is 19.0. The van der Waals surface area contributed by atoms with Crippen LogP contribution in [-0.2, 0) is 23.1 Å². The largest absolute Gasteiger partial charge is 0.327 e. The van der Waals surface area contributed by atoms with Crippen LogP contribution in [0.2, 0.25) is 0 Å². The zero-order valence-electron chi connectivity index (χ0n) is 18.2. The average Bonchev–Trinajstić information content (AvgIpc) is 3.43. The number of hydrogen-bond acceptors (Lipinski definition) is 6. The van der Waals surface area contributed by atoms with Crippen LogP contribution in [0.3, 0.4) is 0 Å². The van der Waals surface area contributed by atoms with Gasteiger partial charge in [0, 0.05) is 25.2 Å². The summed E-state index contributed by atoms with van der Waals surface area (Å²) in [5.74, 6) is 0.761. The van der Waals surface area contributed by atoms with Crippen LogP contribution in [0.1, 0.15) is 32.0 Å². The summed E-state index contributed by atoms with van der Waals surface area (Å²) >= 11 is 0. The molecule has 0 radical (unpaired) electrons. The molecule has 0 spiro atoms. The number of piperidine rings is 1. The fourth-order valence-electron chi connectivity index (χ4n) is 4.20. The molecule has 0 bridgehead atoms. The number of aryl methyl sites for hydroxylation is 1. The van der Waals surface area contributed by atoms with Crippen LogP contribution in [0.25, 0.3) is 22.4 Å². The summed E-state index contributed by atoms with van der Waals surface area (Å²) in [7, 11) is -3.54. The molecule has 0 saturated carbocycles. The van der Waals surface area contributed by atoms with Gasteiger partial charge in [-0.3, -0.25) is 0 Å². The highest BCUT2D eigenvalue weighted by Gasteiger charge is 2.26. The van der Waals surface area contributed by atoms with Crippen molar-refractivity contribution in [1.82, 2.24) is 34.1 Å². The number of aromatic nitrogens is 6. The first kappa shape index (κ1) is 21.7. The standard InChI is InChI=1S/C22H24FN7O2S/c1-2-29-20-11-10-18(33(31,32)28-12-4-3-5-13-28)14-19(20)24-21(29)15-30-26-22(25-27-30)16-6-8-17(23)9-7-16/h6-11,14H,2-5,12-13,15H2,1H3. The van der Waals surface area contributed by atoms with Crippen molar-refractivity contribution < 1.29 is 12.8 Å². The second-order valence-electron chi connectivity index (χ2n) is 8.04. The lowest BCUT2D eigenvalue weighted by Crippen LogP contribution is -2.35. The van der Waals surface area contributed by atoms with Crippen LogP contribution in [0.4, 0.5) is 4.39 Å². The molecular weight excluding hydrogens is 445 g/mol. The first-order chi connectivity index (χ1) is 16.0. The quantitative estimate of drug-likeness (QED) is 0.430. The van der Waals surface area contributed by atoms with Crippen LogP contribution in [0.15, 0.2) is 47.4 Å². The van der Waals surface area contributed by atoms with Gasteiger partial charge in [-0.1, -0.05) is 6.42 Å². The van der Waals surface area contributed by atoms with Crippen LogP contribution >= 0.6 is 0 Å². The Morgan fingerprint density at radius 1 is 1.03 bits per heavy atom. The van der Waals surface area contributed by atoms with Crippen molar-refractivity contribution in [2.45, 2.75) is 44.2 Å². The average molecular weight is 470 g/mol. The molecule has 3 heterocycles. The van der Waals surface area contributed by atoms with Crippen molar-refractivity contribution in [3.8, 4) is 11.4 Å². The molecule has 1 saturated heterocycles. The Morgan fingerprint density at radius 2 is 1.79 bits per heavy atom. The highest BCUT2D eigenvalue weighted by atomic mass is 32.2. The van der Waals surface area contributed by atoms with Gasteiger partial charge in [-0.15, -0.1) is 10.2 Å². The number of hydrogen-bond donors (Lipinski definition) is 0. The van der Waals surface area contributed by atoms with Crippen molar-refractivity contribution in [1.29, 1.82) is 0 Å². The Labute approximate surface area is 190 Å². The minimum Gasteiger partial charge on any atom is -0.327 e. The van der Waals surface area contributed by atoms with Gasteiger partial charge in [-0.05, 0) is 67.4 Å². The van der Waals surface area contributed by atoms with Crippen LogP contribution < -0.4 is 0 Å². The lowest BCUT2D eigenvalue weighted by atomic mass is 10.2.